The first-order valence-corrected chi connectivity index (χ1v) is 7.98. The van der Waals surface area contributed by atoms with Gasteiger partial charge in [-0.1, -0.05) is 0 Å². The second kappa shape index (κ2) is 7.42. The van der Waals surface area contributed by atoms with Crippen LogP contribution in [0, 0.1) is 6.92 Å². The maximum Gasteiger partial charge on any atom is 0.407 e. The molecule has 0 unspecified atom stereocenters. The Morgan fingerprint density at radius 3 is 2.60 bits per heavy atom. The van der Waals surface area contributed by atoms with Crippen molar-refractivity contribution in [1.82, 2.24) is 14.7 Å². The lowest BCUT2D eigenvalue weighted by molar-refractivity contribution is 0.0528. The maximum atomic E-state index is 11.8. The van der Waals surface area contributed by atoms with Crippen molar-refractivity contribution in [1.29, 1.82) is 0 Å². The number of anilines is 1. The van der Waals surface area contributed by atoms with Crippen LogP contribution in [-0.4, -0.2) is 47.2 Å². The van der Waals surface area contributed by atoms with Crippen molar-refractivity contribution in [3.63, 3.8) is 0 Å². The van der Waals surface area contributed by atoms with Gasteiger partial charge in [0.1, 0.15) is 5.60 Å². The van der Waals surface area contributed by atoms with Gasteiger partial charge < -0.3 is 24.5 Å². The number of hydrogen-bond acceptors (Lipinski definition) is 6. The van der Waals surface area contributed by atoms with Crippen molar-refractivity contribution in [2.75, 3.05) is 25.5 Å². The molecule has 0 aliphatic rings. The fourth-order valence-electron chi connectivity index (χ4n) is 2.26. The third kappa shape index (κ3) is 5.10. The molecule has 0 saturated heterocycles. The highest BCUT2D eigenvalue weighted by atomic mass is 16.6. The summed E-state index contributed by atoms with van der Waals surface area (Å²) in [5, 5.41) is 5.85. The zero-order valence-electron chi connectivity index (χ0n) is 15.2. The normalized spacial score (nSPS) is 11.2. The fraction of sp³-hybridized carbons (Fsp3) is 0.471. The molecule has 0 aromatic carbocycles. The maximum absolute atomic E-state index is 11.8. The van der Waals surface area contributed by atoms with Crippen LogP contribution in [0.25, 0.3) is 5.65 Å². The van der Waals surface area contributed by atoms with Crippen molar-refractivity contribution in [3.05, 3.63) is 29.7 Å². The molecule has 2 rings (SSSR count). The predicted octanol–water partition coefficient (Wildman–Crippen LogP) is 2.37. The van der Waals surface area contributed by atoms with Gasteiger partial charge in [-0.3, -0.25) is 0 Å². The number of aryl methyl sites for hydroxylation is 1. The van der Waals surface area contributed by atoms with Gasteiger partial charge in [0.2, 0.25) is 0 Å². The summed E-state index contributed by atoms with van der Waals surface area (Å²) in [6, 6.07) is 1.68. The SMILES string of the molecule is COC(=O)c1cc(NCCNC(=O)OC(C)(C)C)c2nc(C)cn2c1. The van der Waals surface area contributed by atoms with E-state index in [1.807, 2.05) is 13.1 Å². The van der Waals surface area contributed by atoms with E-state index < -0.39 is 17.7 Å². The molecule has 0 fully saturated rings. The van der Waals surface area contributed by atoms with Crippen molar-refractivity contribution >= 4 is 23.4 Å². The Balaban J connectivity index is 2.04. The van der Waals surface area contributed by atoms with Gasteiger partial charge in [-0.05, 0) is 33.8 Å². The Morgan fingerprint density at radius 2 is 1.96 bits per heavy atom. The number of nitrogens with one attached hydrogen (secondary N) is 2. The molecule has 0 spiro atoms. The van der Waals surface area contributed by atoms with Gasteiger partial charge >= 0.3 is 12.1 Å². The number of ether oxygens (including phenoxy) is 2. The number of pyridine rings is 1. The van der Waals surface area contributed by atoms with Gasteiger partial charge in [-0.2, -0.15) is 0 Å². The Labute approximate surface area is 146 Å². The quantitative estimate of drug-likeness (QED) is 0.636. The minimum Gasteiger partial charge on any atom is -0.465 e. The Bertz CT molecular complexity index is 777. The second-order valence-electron chi connectivity index (χ2n) is 6.60. The average molecular weight is 348 g/mol. The van der Waals surface area contributed by atoms with Gasteiger partial charge in [-0.15, -0.1) is 0 Å². The molecule has 136 valence electrons. The molecule has 8 nitrogen and oxygen atoms in total. The van der Waals surface area contributed by atoms with E-state index in [1.165, 1.54) is 7.11 Å². The summed E-state index contributed by atoms with van der Waals surface area (Å²) < 4.78 is 11.7. The van der Waals surface area contributed by atoms with Crippen LogP contribution in [0.4, 0.5) is 10.5 Å². The molecule has 8 heteroatoms. The molecule has 2 heterocycles. The van der Waals surface area contributed by atoms with Gasteiger partial charge in [0, 0.05) is 25.5 Å². The van der Waals surface area contributed by atoms with Crippen LogP contribution in [0.3, 0.4) is 0 Å². The summed E-state index contributed by atoms with van der Waals surface area (Å²) >= 11 is 0. The van der Waals surface area contributed by atoms with Gasteiger partial charge in [0.05, 0.1) is 24.1 Å². The fourth-order valence-corrected chi connectivity index (χ4v) is 2.26. The number of carbonyl (C=O) groups is 2. The Kier molecular flexibility index (Phi) is 5.51. The van der Waals surface area contributed by atoms with Crippen LogP contribution in [0.15, 0.2) is 18.5 Å². The zero-order chi connectivity index (χ0) is 18.6. The van der Waals surface area contributed by atoms with Gasteiger partial charge in [0.15, 0.2) is 5.65 Å². The van der Waals surface area contributed by atoms with Gasteiger partial charge in [-0.25, -0.2) is 14.6 Å². The van der Waals surface area contributed by atoms with E-state index in [-0.39, 0.29) is 0 Å². The number of imidazole rings is 1. The number of alkyl carbamates (subject to hydrolysis) is 1. The van der Waals surface area contributed by atoms with Gasteiger partial charge in [0.25, 0.3) is 0 Å². The lowest BCUT2D eigenvalue weighted by Gasteiger charge is -2.19. The number of esters is 1. The lowest BCUT2D eigenvalue weighted by atomic mass is 10.2. The molecule has 2 aromatic heterocycles. The lowest BCUT2D eigenvalue weighted by Crippen LogP contribution is -2.35. The van der Waals surface area contributed by atoms with Crippen molar-refractivity contribution < 1.29 is 19.1 Å². The molecule has 0 aliphatic carbocycles. The Hall–Kier alpha value is -2.77. The van der Waals surface area contributed by atoms with Crippen LogP contribution >= 0.6 is 0 Å². The largest absolute Gasteiger partial charge is 0.465 e. The molecule has 1 amide bonds. The molecule has 0 radical (unpaired) electrons. The summed E-state index contributed by atoms with van der Waals surface area (Å²) in [5.74, 6) is -0.428. The molecular formula is C17H24N4O4. The molecule has 2 aromatic rings. The van der Waals surface area contributed by atoms with Crippen molar-refractivity contribution in [3.8, 4) is 0 Å². The monoisotopic (exact) mass is 348 g/mol. The first-order valence-electron chi connectivity index (χ1n) is 7.98. The number of amides is 1. The molecule has 0 atom stereocenters. The predicted molar refractivity (Wildman–Crippen MR) is 94.0 cm³/mol. The molecule has 2 N–H and O–H groups in total. The zero-order valence-corrected chi connectivity index (χ0v) is 15.2. The second-order valence-corrected chi connectivity index (χ2v) is 6.60. The first kappa shape index (κ1) is 18.6. The number of fused-ring (bicyclic) bond motifs is 1. The van der Waals surface area contributed by atoms with Crippen LogP contribution in [0.2, 0.25) is 0 Å². The number of carbonyl (C=O) groups excluding carboxylic acids is 2. The molecular weight excluding hydrogens is 324 g/mol. The summed E-state index contributed by atoms with van der Waals surface area (Å²) in [6.45, 7) is 8.11. The van der Waals surface area contributed by atoms with E-state index in [0.29, 0.717) is 30.0 Å². The van der Waals surface area contributed by atoms with Crippen LogP contribution in [0.1, 0.15) is 36.8 Å². The molecule has 0 bridgehead atoms. The van der Waals surface area contributed by atoms with Crippen molar-refractivity contribution in [2.45, 2.75) is 33.3 Å². The smallest absolute Gasteiger partial charge is 0.407 e. The van der Waals surface area contributed by atoms with E-state index in [4.69, 9.17) is 9.47 Å². The molecule has 0 saturated carbocycles. The van der Waals surface area contributed by atoms with E-state index in [1.54, 1.807) is 37.4 Å². The minimum atomic E-state index is -0.536. The third-order valence-electron chi connectivity index (χ3n) is 3.20. The third-order valence-corrected chi connectivity index (χ3v) is 3.20. The molecule has 0 aliphatic heterocycles. The van der Waals surface area contributed by atoms with Crippen molar-refractivity contribution in [2.24, 2.45) is 0 Å². The van der Waals surface area contributed by atoms with Crippen LogP contribution in [0.5, 0.6) is 0 Å². The average Bonchev–Trinajstić information content (AvgIpc) is 2.89. The minimum absolute atomic E-state index is 0.364. The Morgan fingerprint density at radius 1 is 1.24 bits per heavy atom. The highest BCUT2D eigenvalue weighted by molar-refractivity contribution is 5.91. The first-order chi connectivity index (χ1) is 11.7. The number of methoxy groups -OCH3 is 1. The summed E-state index contributed by atoms with van der Waals surface area (Å²) in [5.41, 5.74) is 2.09. The highest BCUT2D eigenvalue weighted by Crippen LogP contribution is 2.19. The number of aromatic nitrogens is 2. The van der Waals surface area contributed by atoms with E-state index in [9.17, 15) is 9.59 Å². The standard InChI is InChI=1S/C17H24N4O4/c1-11-9-21-10-12(15(22)24-5)8-13(14(21)20-11)18-6-7-19-16(23)25-17(2,3)4/h8-10,18H,6-7H2,1-5H3,(H,19,23). The number of hydrogen-bond donors (Lipinski definition) is 2. The highest BCUT2D eigenvalue weighted by Gasteiger charge is 2.16. The summed E-state index contributed by atoms with van der Waals surface area (Å²) in [7, 11) is 1.34. The van der Waals surface area contributed by atoms with Crippen LogP contribution in [-0.2, 0) is 9.47 Å². The van der Waals surface area contributed by atoms with E-state index in [2.05, 4.69) is 15.6 Å². The number of rotatable bonds is 5. The number of nitrogens with zero attached hydrogens (tertiary/aromatic N) is 2. The topological polar surface area (TPSA) is 94.0 Å². The summed E-state index contributed by atoms with van der Waals surface area (Å²) in [4.78, 5) is 27.9. The van der Waals surface area contributed by atoms with E-state index >= 15 is 0 Å². The van der Waals surface area contributed by atoms with Crippen LogP contribution < -0.4 is 10.6 Å². The summed E-state index contributed by atoms with van der Waals surface area (Å²) in [6.07, 6.45) is 3.02. The molecule has 25 heavy (non-hydrogen) atoms. The van der Waals surface area contributed by atoms with E-state index in [0.717, 1.165) is 5.69 Å².